The third kappa shape index (κ3) is 7.55. The average molecular weight is 585 g/mol. The summed E-state index contributed by atoms with van der Waals surface area (Å²) in [7, 11) is 0. The molecule has 3 rings (SSSR count). The summed E-state index contributed by atoms with van der Waals surface area (Å²) in [6, 6.07) is 16.4. The van der Waals surface area contributed by atoms with Crippen molar-refractivity contribution in [1.82, 2.24) is 0 Å². The van der Waals surface area contributed by atoms with Crippen molar-refractivity contribution in [2.75, 3.05) is 17.2 Å². The van der Waals surface area contributed by atoms with Crippen LogP contribution in [0.25, 0.3) is 5.70 Å². The van der Waals surface area contributed by atoms with Crippen LogP contribution in [0.4, 0.5) is 17.1 Å². The van der Waals surface area contributed by atoms with Crippen LogP contribution in [-0.2, 0) is 14.3 Å². The number of amides is 1. The normalized spacial score (nSPS) is 11.6. The molecule has 210 valence electrons. The highest BCUT2D eigenvalue weighted by Gasteiger charge is 2.22. The number of ether oxygens (including phenoxy) is 1. The van der Waals surface area contributed by atoms with Crippen LogP contribution in [0.1, 0.15) is 49.5 Å². The van der Waals surface area contributed by atoms with Gasteiger partial charge in [0.25, 0.3) is 0 Å². The minimum Gasteiger partial charge on any atom is -0.504 e. The zero-order valence-corrected chi connectivity index (χ0v) is 23.9. The van der Waals surface area contributed by atoms with Gasteiger partial charge in [0.2, 0.25) is 5.91 Å². The minimum atomic E-state index is -0.460. The summed E-state index contributed by atoms with van der Waals surface area (Å²) in [6.07, 6.45) is -0.0508. The summed E-state index contributed by atoms with van der Waals surface area (Å²) >= 11 is 12.6. The average Bonchev–Trinajstić information content (AvgIpc) is 2.91. The second-order valence-corrected chi connectivity index (χ2v) is 10.00. The molecular weight excluding hydrogens is 553 g/mol. The molecule has 3 aromatic rings. The van der Waals surface area contributed by atoms with Gasteiger partial charge in [-0.05, 0) is 55.8 Å². The number of rotatable bonds is 11. The van der Waals surface area contributed by atoms with Crippen molar-refractivity contribution in [2.45, 2.75) is 33.6 Å². The van der Waals surface area contributed by atoms with Crippen molar-refractivity contribution >= 4 is 63.6 Å². The van der Waals surface area contributed by atoms with Gasteiger partial charge in [-0.2, -0.15) is 0 Å². The van der Waals surface area contributed by atoms with Crippen LogP contribution < -0.4 is 16.4 Å². The topological polar surface area (TPSA) is 131 Å². The number of phenols is 1. The number of ketones is 1. The fourth-order valence-electron chi connectivity index (χ4n) is 3.94. The van der Waals surface area contributed by atoms with E-state index in [1.165, 1.54) is 0 Å². The number of phenolic OH excluding ortho intramolecular Hbond substituents is 1. The SMILES string of the molecule is CCOC(=O)c1cccc(Nc2cccc(NC(=O)CC/C(C(=O)C(C)C)=C(/N)c3c(Cl)cccc3Cl)c2O)c1. The Balaban J connectivity index is 1.78. The third-order valence-electron chi connectivity index (χ3n) is 5.94. The highest BCUT2D eigenvalue weighted by molar-refractivity contribution is 6.37. The molecule has 0 atom stereocenters. The lowest BCUT2D eigenvalue weighted by Crippen LogP contribution is -2.19. The van der Waals surface area contributed by atoms with Crippen molar-refractivity contribution in [1.29, 1.82) is 0 Å². The quantitative estimate of drug-likeness (QED) is 0.109. The number of benzene rings is 3. The standard InChI is InChI=1S/C30H31Cl2N3O5/c1-4-40-30(39)18-8-5-9-19(16-18)34-23-12-7-13-24(29(23)38)35-25(36)15-14-20(28(37)17(2)3)27(33)26-21(31)10-6-11-22(26)32/h5-13,16-17,34,38H,4,14-15,33H2,1-3H3,(H,35,36)/b27-20-. The first kappa shape index (κ1) is 30.5. The maximum absolute atomic E-state index is 13.0. The van der Waals surface area contributed by atoms with Crippen molar-refractivity contribution in [3.8, 4) is 5.75 Å². The number of carbonyl (C=O) groups excluding carboxylic acids is 3. The van der Waals surface area contributed by atoms with E-state index in [4.69, 9.17) is 33.7 Å². The van der Waals surface area contributed by atoms with E-state index in [9.17, 15) is 19.5 Å². The lowest BCUT2D eigenvalue weighted by Gasteiger charge is -2.16. The lowest BCUT2D eigenvalue weighted by molar-refractivity contribution is -0.118. The molecule has 0 aliphatic heterocycles. The maximum atomic E-state index is 13.0. The van der Waals surface area contributed by atoms with Crippen molar-refractivity contribution < 1.29 is 24.2 Å². The number of hydrogen-bond donors (Lipinski definition) is 4. The van der Waals surface area contributed by atoms with E-state index < -0.39 is 11.9 Å². The number of carbonyl (C=O) groups is 3. The molecule has 0 fully saturated rings. The van der Waals surface area contributed by atoms with Crippen LogP contribution in [0.5, 0.6) is 5.75 Å². The molecule has 0 heterocycles. The van der Waals surface area contributed by atoms with Gasteiger partial charge in [-0.3, -0.25) is 9.59 Å². The van der Waals surface area contributed by atoms with Gasteiger partial charge >= 0.3 is 5.97 Å². The van der Waals surface area contributed by atoms with E-state index in [0.29, 0.717) is 32.5 Å². The molecule has 40 heavy (non-hydrogen) atoms. The van der Waals surface area contributed by atoms with Gasteiger partial charge in [0, 0.05) is 34.9 Å². The molecule has 10 heteroatoms. The maximum Gasteiger partial charge on any atom is 0.338 e. The summed E-state index contributed by atoms with van der Waals surface area (Å²) in [5, 5.41) is 17.1. The molecule has 5 N–H and O–H groups in total. The molecule has 3 aromatic carbocycles. The number of aromatic hydroxyl groups is 1. The number of hydrogen-bond acceptors (Lipinski definition) is 7. The van der Waals surface area contributed by atoms with E-state index in [0.717, 1.165) is 0 Å². The first-order chi connectivity index (χ1) is 19.0. The molecule has 0 bridgehead atoms. The Morgan fingerprint density at radius 3 is 2.23 bits per heavy atom. The zero-order valence-electron chi connectivity index (χ0n) is 22.4. The fourth-order valence-corrected chi connectivity index (χ4v) is 4.54. The van der Waals surface area contributed by atoms with E-state index in [2.05, 4.69) is 10.6 Å². The predicted molar refractivity (Wildman–Crippen MR) is 159 cm³/mol. The Morgan fingerprint density at radius 1 is 0.950 bits per heavy atom. The molecule has 0 saturated heterocycles. The molecule has 0 aromatic heterocycles. The molecule has 0 aliphatic carbocycles. The molecule has 0 unspecified atom stereocenters. The summed E-state index contributed by atoms with van der Waals surface area (Å²) in [5.41, 5.74) is 8.46. The van der Waals surface area contributed by atoms with Crippen LogP contribution in [0, 0.1) is 5.92 Å². The Bertz CT molecular complexity index is 1430. The van der Waals surface area contributed by atoms with Crippen LogP contribution >= 0.6 is 23.2 Å². The second kappa shape index (κ2) is 13.9. The van der Waals surface area contributed by atoms with Crippen LogP contribution in [-0.4, -0.2) is 29.4 Å². The van der Waals surface area contributed by atoms with E-state index in [1.54, 1.807) is 81.4 Å². The zero-order chi connectivity index (χ0) is 29.4. The number of nitrogens with one attached hydrogen (secondary N) is 2. The smallest absolute Gasteiger partial charge is 0.338 e. The predicted octanol–water partition coefficient (Wildman–Crippen LogP) is 6.93. The van der Waals surface area contributed by atoms with Gasteiger partial charge < -0.3 is 26.2 Å². The summed E-state index contributed by atoms with van der Waals surface area (Å²) in [5.74, 6) is -1.69. The minimum absolute atomic E-state index is 0.0373. The number of esters is 1. The van der Waals surface area contributed by atoms with Gasteiger partial charge in [0.1, 0.15) is 0 Å². The van der Waals surface area contributed by atoms with Crippen molar-refractivity contribution in [3.63, 3.8) is 0 Å². The monoisotopic (exact) mass is 583 g/mol. The van der Waals surface area contributed by atoms with Gasteiger partial charge in [0.05, 0.1) is 33.6 Å². The number of Topliss-reactive ketones (excluding diaryl/α,β-unsaturated/α-hetero) is 1. The fraction of sp³-hybridized carbons (Fsp3) is 0.233. The Hall–Kier alpha value is -4.01. The highest BCUT2D eigenvalue weighted by atomic mass is 35.5. The number of halogens is 2. The first-order valence-corrected chi connectivity index (χ1v) is 13.4. The first-order valence-electron chi connectivity index (χ1n) is 12.7. The van der Waals surface area contributed by atoms with Crippen molar-refractivity contribution in [3.05, 3.63) is 87.4 Å². The molecule has 0 spiro atoms. The van der Waals surface area contributed by atoms with Gasteiger partial charge in [-0.1, -0.05) is 55.2 Å². The molecule has 1 amide bonds. The molecule has 0 aliphatic rings. The van der Waals surface area contributed by atoms with Crippen LogP contribution in [0.15, 0.2) is 66.2 Å². The molecular formula is C30H31Cl2N3O5. The highest BCUT2D eigenvalue weighted by Crippen LogP contribution is 2.35. The number of para-hydroxylation sites is 1. The van der Waals surface area contributed by atoms with Crippen LogP contribution in [0.3, 0.4) is 0 Å². The third-order valence-corrected chi connectivity index (χ3v) is 6.57. The molecule has 8 nitrogen and oxygen atoms in total. The largest absolute Gasteiger partial charge is 0.504 e. The molecule has 0 radical (unpaired) electrons. The lowest BCUT2D eigenvalue weighted by atomic mass is 9.93. The Labute approximate surface area is 243 Å². The number of nitrogens with two attached hydrogens (primary N) is 1. The van der Waals surface area contributed by atoms with Gasteiger partial charge in [0.15, 0.2) is 11.5 Å². The number of allylic oxidation sites excluding steroid dienone is 1. The summed E-state index contributed by atoms with van der Waals surface area (Å²) < 4.78 is 5.03. The van der Waals surface area contributed by atoms with E-state index in [1.807, 2.05) is 0 Å². The Kier molecular flexibility index (Phi) is 10.6. The van der Waals surface area contributed by atoms with Gasteiger partial charge in [-0.25, -0.2) is 4.79 Å². The van der Waals surface area contributed by atoms with E-state index >= 15 is 0 Å². The van der Waals surface area contributed by atoms with Gasteiger partial charge in [-0.15, -0.1) is 0 Å². The van der Waals surface area contributed by atoms with Crippen LogP contribution in [0.2, 0.25) is 10.0 Å². The second-order valence-electron chi connectivity index (χ2n) is 9.18. The van der Waals surface area contributed by atoms with E-state index in [-0.39, 0.29) is 53.9 Å². The summed E-state index contributed by atoms with van der Waals surface area (Å²) in [6.45, 7) is 5.45. The number of anilines is 3. The molecule has 0 saturated carbocycles. The Morgan fingerprint density at radius 2 is 1.57 bits per heavy atom. The summed E-state index contributed by atoms with van der Waals surface area (Å²) in [4.78, 5) is 37.9. The van der Waals surface area contributed by atoms with Crippen molar-refractivity contribution in [2.24, 2.45) is 11.7 Å².